The Morgan fingerprint density at radius 1 is 0.750 bits per heavy atom. The fourth-order valence-corrected chi connectivity index (χ4v) is 0. The summed E-state index contributed by atoms with van der Waals surface area (Å²) in [4.78, 5) is 0. The van der Waals surface area contributed by atoms with Gasteiger partial charge >= 0.3 is 37.2 Å². The Labute approximate surface area is 103 Å². The Balaban J connectivity index is -0.00000000750. The molecule has 0 unspecified atom stereocenters. The summed E-state index contributed by atoms with van der Waals surface area (Å²) in [5.74, 6) is 0. The molecule has 0 aliphatic heterocycles. The monoisotopic (exact) mass is 352 g/mol. The third-order valence-electron chi connectivity index (χ3n) is 0. The molecular formula is AlCl6In. The molecule has 0 radical (unpaired) electrons. The van der Waals surface area contributed by atoms with Crippen molar-refractivity contribution in [1.82, 2.24) is 0 Å². The van der Waals surface area contributed by atoms with Crippen molar-refractivity contribution in [1.29, 1.82) is 0 Å². The van der Waals surface area contributed by atoms with Crippen molar-refractivity contribution in [2.45, 2.75) is 0 Å². The summed E-state index contributed by atoms with van der Waals surface area (Å²) < 4.78 is 0. The van der Waals surface area contributed by atoms with Crippen LogP contribution in [0.2, 0.25) is 0 Å². The van der Waals surface area contributed by atoms with Gasteiger partial charge in [0.1, 0.15) is 0 Å². The van der Waals surface area contributed by atoms with Crippen LogP contribution in [0.4, 0.5) is 0 Å². The van der Waals surface area contributed by atoms with Crippen molar-refractivity contribution in [3.05, 3.63) is 0 Å². The van der Waals surface area contributed by atoms with Crippen LogP contribution in [0.5, 0.6) is 0 Å². The Hall–Kier alpha value is 3.14. The molecule has 0 rings (SSSR count). The Morgan fingerprint density at radius 2 is 0.750 bits per heavy atom. The van der Waals surface area contributed by atoms with Gasteiger partial charge < -0.3 is 37.2 Å². The molecule has 0 saturated heterocycles. The van der Waals surface area contributed by atoms with E-state index >= 15 is 0 Å². The van der Waals surface area contributed by atoms with Gasteiger partial charge in [0.05, 0.1) is 0 Å². The molecule has 0 aliphatic rings. The van der Waals surface area contributed by atoms with Crippen LogP contribution in [-0.4, -0.2) is 37.2 Å². The van der Waals surface area contributed by atoms with Crippen LogP contribution >= 0.6 is 30.1 Å². The summed E-state index contributed by atoms with van der Waals surface area (Å²) in [5.41, 5.74) is 0. The first-order valence-corrected chi connectivity index (χ1v) is 5.89. The quantitative estimate of drug-likeness (QED) is 0.379. The molecule has 8 heavy (non-hydrogen) atoms. The fraction of sp³-hybridized carbons (Fsp3) is 0. The standard InChI is InChI=1S/Al.6ClH.In/h;6*1H;/q+3;;;;;;;+3/p-6. The van der Waals surface area contributed by atoms with Crippen LogP contribution in [-0.2, 0) is 0 Å². The smallest absolute Gasteiger partial charge is 1.00 e. The van der Waals surface area contributed by atoms with Gasteiger partial charge in [-0.3, -0.25) is 0 Å². The van der Waals surface area contributed by atoms with E-state index in [2.05, 4.69) is 0 Å². The summed E-state index contributed by atoms with van der Waals surface area (Å²) in [7, 11) is 14.8. The van der Waals surface area contributed by atoms with E-state index < -0.39 is 11.4 Å². The summed E-state index contributed by atoms with van der Waals surface area (Å²) >= 11 is -1.72. The summed E-state index contributed by atoms with van der Waals surface area (Å²) in [6.07, 6.45) is 0. The first-order valence-electron chi connectivity index (χ1n) is 0.655. The third-order valence-corrected chi connectivity index (χ3v) is 0. The second-order valence-corrected chi connectivity index (χ2v) is 6.68. The van der Waals surface area contributed by atoms with Crippen molar-refractivity contribution in [3.8, 4) is 0 Å². The topological polar surface area (TPSA) is 0 Å². The van der Waals surface area contributed by atoms with Gasteiger partial charge in [0.15, 0.2) is 0 Å². The molecule has 0 nitrogen and oxygen atoms in total. The average molecular weight is 355 g/mol. The molecule has 0 aliphatic carbocycles. The number of hydrogen-bond acceptors (Lipinski definition) is 0. The van der Waals surface area contributed by atoms with E-state index in [1.807, 2.05) is 0 Å². The minimum absolute atomic E-state index is 0. The van der Waals surface area contributed by atoms with Crippen LogP contribution in [0.25, 0.3) is 0 Å². The molecule has 0 aromatic rings. The SMILES string of the molecule is [Cl-].[Cl-].[Cl-].[Cl][Al]([Cl])[Cl].[In+3]. The van der Waals surface area contributed by atoms with Gasteiger partial charge in [0.2, 0.25) is 0 Å². The van der Waals surface area contributed by atoms with E-state index in [1.54, 1.807) is 0 Å². The molecule has 0 aromatic carbocycles. The van der Waals surface area contributed by atoms with E-state index in [1.165, 1.54) is 0 Å². The van der Waals surface area contributed by atoms with Crippen LogP contribution < -0.4 is 37.2 Å². The zero-order valence-corrected chi connectivity index (χ0v) is 12.4. The molecule has 0 heterocycles. The van der Waals surface area contributed by atoms with Crippen molar-refractivity contribution in [2.75, 3.05) is 0 Å². The maximum absolute atomic E-state index is 4.94. The molecule has 0 aromatic heterocycles. The third kappa shape index (κ3) is 61.4. The molecule has 0 spiro atoms. The fourth-order valence-electron chi connectivity index (χ4n) is 0. The molecule has 0 saturated carbocycles. The van der Waals surface area contributed by atoms with E-state index in [4.69, 9.17) is 30.1 Å². The van der Waals surface area contributed by atoms with Gasteiger partial charge in [-0.05, 0) is 0 Å². The van der Waals surface area contributed by atoms with Crippen molar-refractivity contribution >= 4 is 67.4 Å². The molecular weight excluding hydrogens is 355 g/mol. The van der Waals surface area contributed by atoms with Crippen molar-refractivity contribution in [3.63, 3.8) is 0 Å². The first kappa shape index (κ1) is 30.4. The normalized spacial score (nSPS) is 3.38. The van der Waals surface area contributed by atoms with Gasteiger partial charge in [-0.1, -0.05) is 0 Å². The number of halogens is 6. The van der Waals surface area contributed by atoms with Crippen molar-refractivity contribution < 1.29 is 37.2 Å². The number of rotatable bonds is 0. The van der Waals surface area contributed by atoms with E-state index in [-0.39, 0.29) is 63.1 Å². The maximum Gasteiger partial charge on any atom is 3.00 e. The predicted molar refractivity (Wildman–Crippen MR) is 29.1 cm³/mol. The maximum atomic E-state index is 4.94. The molecule has 0 amide bonds. The molecule has 8 heteroatoms. The minimum atomic E-state index is -1.72. The molecule has 0 N–H and O–H groups in total. The average Bonchev–Trinajstić information content (AvgIpc) is 0.811. The molecule has 48 valence electrons. The molecule has 0 bridgehead atoms. The Kier molecular flexibility index (Phi) is 85.3. The van der Waals surface area contributed by atoms with Gasteiger partial charge in [0.25, 0.3) is 0 Å². The molecule has 0 fully saturated rings. The minimum Gasteiger partial charge on any atom is -1.00 e. The van der Waals surface area contributed by atoms with Crippen LogP contribution in [0.1, 0.15) is 0 Å². The summed E-state index contributed by atoms with van der Waals surface area (Å²) in [6, 6.07) is 0. The van der Waals surface area contributed by atoms with Crippen LogP contribution in [0.3, 0.4) is 0 Å². The largest absolute Gasteiger partial charge is 3.00 e. The second-order valence-electron chi connectivity index (χ2n) is 0.247. The molecule has 0 atom stereocenters. The summed E-state index contributed by atoms with van der Waals surface area (Å²) in [6.45, 7) is 0. The Bertz CT molecular complexity index is 13.2. The van der Waals surface area contributed by atoms with Gasteiger partial charge in [0, 0.05) is 0 Å². The van der Waals surface area contributed by atoms with E-state index in [0.29, 0.717) is 0 Å². The Morgan fingerprint density at radius 3 is 0.750 bits per heavy atom. The second kappa shape index (κ2) is 22.5. The van der Waals surface area contributed by atoms with E-state index in [9.17, 15) is 0 Å². The van der Waals surface area contributed by atoms with Gasteiger partial charge in [-0.25, -0.2) is 30.1 Å². The first-order chi connectivity index (χ1) is 1.73. The zero-order chi connectivity index (χ0) is 3.58. The van der Waals surface area contributed by atoms with Gasteiger partial charge in [-0.15, -0.1) is 0 Å². The summed E-state index contributed by atoms with van der Waals surface area (Å²) in [5, 5.41) is 0. The van der Waals surface area contributed by atoms with Crippen LogP contribution in [0, 0.1) is 0 Å². The zero-order valence-electron chi connectivity index (χ0n) is 3.42. The van der Waals surface area contributed by atoms with Gasteiger partial charge in [-0.2, -0.15) is 0 Å². The predicted octanol–water partition coefficient (Wildman–Crippen LogP) is -7.68. The van der Waals surface area contributed by atoms with E-state index in [0.717, 1.165) is 0 Å². The van der Waals surface area contributed by atoms with Crippen LogP contribution in [0.15, 0.2) is 0 Å². The number of hydrogen-bond donors (Lipinski definition) is 0. The van der Waals surface area contributed by atoms with Crippen molar-refractivity contribution in [2.24, 2.45) is 0 Å².